The fourth-order valence-electron chi connectivity index (χ4n) is 1.49. The van der Waals surface area contributed by atoms with Crippen molar-refractivity contribution in [3.63, 3.8) is 0 Å². The van der Waals surface area contributed by atoms with Crippen LogP contribution in [0.2, 0.25) is 0 Å². The Bertz CT molecular complexity index is 475. The second-order valence-corrected chi connectivity index (χ2v) is 5.27. The molecule has 19 heavy (non-hydrogen) atoms. The number of hydrogen-bond acceptors (Lipinski definition) is 3. The Hall–Kier alpha value is -2.17. The zero-order valence-corrected chi connectivity index (χ0v) is 11.3. The first-order valence-corrected chi connectivity index (χ1v) is 5.92. The Morgan fingerprint density at radius 1 is 1.42 bits per heavy atom. The van der Waals surface area contributed by atoms with E-state index in [1.165, 1.54) is 6.08 Å². The lowest BCUT2D eigenvalue weighted by atomic mass is 9.87. The molecule has 1 unspecified atom stereocenters. The molecule has 0 spiro atoms. The topological polar surface area (TPSA) is 79.3 Å². The van der Waals surface area contributed by atoms with E-state index in [9.17, 15) is 9.59 Å². The van der Waals surface area contributed by atoms with Gasteiger partial charge in [0.25, 0.3) is 0 Å². The summed E-state index contributed by atoms with van der Waals surface area (Å²) in [6.45, 7) is 5.28. The highest BCUT2D eigenvalue weighted by Crippen LogP contribution is 2.19. The van der Waals surface area contributed by atoms with Crippen LogP contribution < -0.4 is 5.32 Å². The van der Waals surface area contributed by atoms with Gasteiger partial charge in [-0.3, -0.25) is 9.78 Å². The number of amides is 1. The average molecular weight is 262 g/mol. The van der Waals surface area contributed by atoms with Crippen molar-refractivity contribution >= 4 is 18.0 Å². The molecule has 5 nitrogen and oxygen atoms in total. The molecule has 0 fully saturated rings. The largest absolute Gasteiger partial charge is 0.480 e. The van der Waals surface area contributed by atoms with E-state index >= 15 is 0 Å². The van der Waals surface area contributed by atoms with Crippen molar-refractivity contribution in [2.24, 2.45) is 5.41 Å². The van der Waals surface area contributed by atoms with E-state index in [0.717, 1.165) is 5.56 Å². The Morgan fingerprint density at radius 3 is 2.58 bits per heavy atom. The van der Waals surface area contributed by atoms with Crippen molar-refractivity contribution in [3.8, 4) is 0 Å². The van der Waals surface area contributed by atoms with Gasteiger partial charge in [-0.25, -0.2) is 4.79 Å². The number of rotatable bonds is 4. The molecule has 0 saturated carbocycles. The molecule has 1 aromatic rings. The number of nitrogens with one attached hydrogen (secondary N) is 1. The van der Waals surface area contributed by atoms with Gasteiger partial charge < -0.3 is 10.4 Å². The third-order valence-electron chi connectivity index (χ3n) is 2.51. The molecule has 0 bridgehead atoms. The third-order valence-corrected chi connectivity index (χ3v) is 2.51. The summed E-state index contributed by atoms with van der Waals surface area (Å²) in [5.41, 5.74) is 0.226. The Morgan fingerprint density at radius 2 is 2.11 bits per heavy atom. The predicted octanol–water partition coefficient (Wildman–Crippen LogP) is 1.71. The van der Waals surface area contributed by atoms with Gasteiger partial charge in [0.05, 0.1) is 0 Å². The summed E-state index contributed by atoms with van der Waals surface area (Å²) < 4.78 is 0. The standard InChI is InChI=1S/C14H18N2O3/c1-14(2,3)12(13(18)19)16-11(17)7-6-10-5-4-8-15-9-10/h4-9,12H,1-3H3,(H,16,17)(H,18,19)/b7-6+. The summed E-state index contributed by atoms with van der Waals surface area (Å²) in [5, 5.41) is 11.6. The van der Waals surface area contributed by atoms with Gasteiger partial charge in [0.2, 0.25) is 5.91 Å². The highest BCUT2D eigenvalue weighted by atomic mass is 16.4. The minimum Gasteiger partial charge on any atom is -0.480 e. The van der Waals surface area contributed by atoms with E-state index in [-0.39, 0.29) is 0 Å². The molecule has 102 valence electrons. The van der Waals surface area contributed by atoms with Gasteiger partial charge in [0.15, 0.2) is 0 Å². The van der Waals surface area contributed by atoms with Crippen LogP contribution in [0, 0.1) is 5.41 Å². The van der Waals surface area contributed by atoms with Crippen LogP contribution in [0.3, 0.4) is 0 Å². The fourth-order valence-corrected chi connectivity index (χ4v) is 1.49. The van der Waals surface area contributed by atoms with E-state index in [2.05, 4.69) is 10.3 Å². The number of pyridine rings is 1. The Balaban J connectivity index is 2.69. The van der Waals surface area contributed by atoms with Gasteiger partial charge in [0, 0.05) is 18.5 Å². The highest BCUT2D eigenvalue weighted by Gasteiger charge is 2.31. The summed E-state index contributed by atoms with van der Waals surface area (Å²) in [6.07, 6.45) is 6.14. The van der Waals surface area contributed by atoms with Gasteiger partial charge in [0.1, 0.15) is 6.04 Å². The zero-order valence-electron chi connectivity index (χ0n) is 11.3. The molecule has 0 saturated heterocycles. The molecule has 2 N–H and O–H groups in total. The SMILES string of the molecule is CC(C)(C)C(NC(=O)/C=C/c1cccnc1)C(=O)O. The van der Waals surface area contributed by atoms with Crippen molar-refractivity contribution in [2.75, 3.05) is 0 Å². The van der Waals surface area contributed by atoms with Crippen molar-refractivity contribution in [1.82, 2.24) is 10.3 Å². The molecule has 0 aliphatic rings. The van der Waals surface area contributed by atoms with E-state index in [1.54, 1.807) is 51.4 Å². The number of hydrogen-bond donors (Lipinski definition) is 2. The van der Waals surface area contributed by atoms with Gasteiger partial charge in [-0.1, -0.05) is 26.8 Å². The summed E-state index contributed by atoms with van der Waals surface area (Å²) in [6, 6.07) is 2.63. The summed E-state index contributed by atoms with van der Waals surface area (Å²) >= 11 is 0. The number of carboxylic acid groups (broad SMARTS) is 1. The van der Waals surface area contributed by atoms with Crippen LogP contribution >= 0.6 is 0 Å². The lowest BCUT2D eigenvalue weighted by Crippen LogP contribution is -2.48. The average Bonchev–Trinajstić information content (AvgIpc) is 2.33. The van der Waals surface area contributed by atoms with E-state index in [4.69, 9.17) is 5.11 Å². The first-order chi connectivity index (χ1) is 8.80. The maximum atomic E-state index is 11.7. The maximum Gasteiger partial charge on any atom is 0.326 e. The van der Waals surface area contributed by atoms with E-state index in [1.807, 2.05) is 0 Å². The molecule has 0 aliphatic carbocycles. The van der Waals surface area contributed by atoms with Crippen LogP contribution in [0.15, 0.2) is 30.6 Å². The molecule has 1 aromatic heterocycles. The highest BCUT2D eigenvalue weighted by molar-refractivity contribution is 5.94. The molecule has 0 radical (unpaired) electrons. The quantitative estimate of drug-likeness (QED) is 0.810. The van der Waals surface area contributed by atoms with Crippen LogP contribution in [0.4, 0.5) is 0 Å². The molecule has 5 heteroatoms. The number of aliphatic carboxylic acids is 1. The normalized spacial score (nSPS) is 13.2. The van der Waals surface area contributed by atoms with Gasteiger partial charge in [-0.05, 0) is 23.1 Å². The van der Waals surface area contributed by atoms with E-state index < -0.39 is 23.3 Å². The van der Waals surface area contributed by atoms with Crippen molar-refractivity contribution < 1.29 is 14.7 Å². The zero-order chi connectivity index (χ0) is 14.5. The monoisotopic (exact) mass is 262 g/mol. The second-order valence-electron chi connectivity index (χ2n) is 5.27. The van der Waals surface area contributed by atoms with Crippen LogP contribution in [0.5, 0.6) is 0 Å². The Kier molecular flexibility index (Phi) is 4.80. The molecule has 1 heterocycles. The second kappa shape index (κ2) is 6.13. The van der Waals surface area contributed by atoms with Crippen LogP contribution in [0.25, 0.3) is 6.08 Å². The first-order valence-electron chi connectivity index (χ1n) is 5.92. The van der Waals surface area contributed by atoms with Gasteiger partial charge in [-0.2, -0.15) is 0 Å². The summed E-state index contributed by atoms with van der Waals surface area (Å²) in [4.78, 5) is 26.7. The first kappa shape index (κ1) is 14.9. The summed E-state index contributed by atoms with van der Waals surface area (Å²) in [5.74, 6) is -1.48. The van der Waals surface area contributed by atoms with Crippen molar-refractivity contribution in [2.45, 2.75) is 26.8 Å². The molecular weight excluding hydrogens is 244 g/mol. The predicted molar refractivity (Wildman–Crippen MR) is 72.3 cm³/mol. The minimum atomic E-state index is -1.05. The summed E-state index contributed by atoms with van der Waals surface area (Å²) in [7, 11) is 0. The minimum absolute atomic E-state index is 0.439. The number of carboxylic acids is 1. The molecule has 1 rings (SSSR count). The number of aromatic nitrogens is 1. The van der Waals surface area contributed by atoms with Crippen molar-refractivity contribution in [1.29, 1.82) is 0 Å². The van der Waals surface area contributed by atoms with Crippen LogP contribution in [0.1, 0.15) is 26.3 Å². The van der Waals surface area contributed by atoms with Gasteiger partial charge >= 0.3 is 5.97 Å². The number of nitrogens with zero attached hydrogens (tertiary/aromatic N) is 1. The molecule has 0 aromatic carbocycles. The maximum absolute atomic E-state index is 11.7. The molecule has 1 amide bonds. The van der Waals surface area contributed by atoms with Crippen LogP contribution in [-0.2, 0) is 9.59 Å². The van der Waals surface area contributed by atoms with Crippen molar-refractivity contribution in [3.05, 3.63) is 36.2 Å². The molecule has 1 atom stereocenters. The lowest BCUT2D eigenvalue weighted by Gasteiger charge is -2.27. The lowest BCUT2D eigenvalue weighted by molar-refractivity contribution is -0.144. The molecule has 0 aliphatic heterocycles. The number of carbonyl (C=O) groups excluding carboxylic acids is 1. The fraction of sp³-hybridized carbons (Fsp3) is 0.357. The van der Waals surface area contributed by atoms with Crippen LogP contribution in [-0.4, -0.2) is 28.0 Å². The molecular formula is C14H18N2O3. The number of carbonyl (C=O) groups is 2. The van der Waals surface area contributed by atoms with E-state index in [0.29, 0.717) is 0 Å². The van der Waals surface area contributed by atoms with Gasteiger partial charge in [-0.15, -0.1) is 0 Å². The Labute approximate surface area is 112 Å². The third kappa shape index (κ3) is 4.91. The smallest absolute Gasteiger partial charge is 0.326 e.